The van der Waals surface area contributed by atoms with Gasteiger partial charge in [0.15, 0.2) is 0 Å². The molecule has 1 aliphatic carbocycles. The molecule has 8 nitrogen and oxygen atoms in total. The molecule has 0 aromatic heterocycles. The zero-order valence-electron chi connectivity index (χ0n) is 14.7. The van der Waals surface area contributed by atoms with E-state index in [0.717, 1.165) is 4.31 Å². The van der Waals surface area contributed by atoms with Gasteiger partial charge in [-0.15, -0.1) is 0 Å². The van der Waals surface area contributed by atoms with Gasteiger partial charge in [0, 0.05) is 31.2 Å². The molecule has 1 saturated carbocycles. The maximum absolute atomic E-state index is 13.4. The number of nitrogens with zero attached hydrogens (tertiary/aromatic N) is 2. The normalized spacial score (nSPS) is 28.2. The molecule has 1 aromatic carbocycles. The summed E-state index contributed by atoms with van der Waals surface area (Å²) in [5.41, 5.74) is 0. The summed E-state index contributed by atoms with van der Waals surface area (Å²) in [6.45, 7) is 0.260. The van der Waals surface area contributed by atoms with E-state index in [-0.39, 0.29) is 31.3 Å². The van der Waals surface area contributed by atoms with Crippen LogP contribution in [0.4, 0.5) is 8.78 Å². The lowest BCUT2D eigenvalue weighted by Gasteiger charge is -2.23. The van der Waals surface area contributed by atoms with Crippen molar-refractivity contribution >= 4 is 26.0 Å². The molecule has 2 saturated heterocycles. The minimum absolute atomic E-state index is 0.0919. The van der Waals surface area contributed by atoms with Gasteiger partial charge in [-0.25, -0.2) is 34.6 Å². The summed E-state index contributed by atoms with van der Waals surface area (Å²) in [7, 11) is -7.87. The number of hydrogen-bond acceptors (Lipinski definition) is 6. The summed E-state index contributed by atoms with van der Waals surface area (Å²) < 4.78 is 79.8. The molecule has 2 aliphatic heterocycles. The van der Waals surface area contributed by atoms with Gasteiger partial charge in [0.2, 0.25) is 20.0 Å². The van der Waals surface area contributed by atoms with E-state index in [2.05, 4.69) is 4.72 Å². The molecule has 1 amide bonds. The molecule has 3 fully saturated rings. The minimum Gasteiger partial charge on any atom is -0.289 e. The molecule has 0 radical (unpaired) electrons. The first-order valence-corrected chi connectivity index (χ1v) is 11.9. The Hall–Kier alpha value is -1.63. The average Bonchev–Trinajstić information content (AvgIpc) is 3.32. The molecule has 0 spiro atoms. The molecule has 3 aliphatic rings. The van der Waals surface area contributed by atoms with Crippen molar-refractivity contribution in [3.63, 3.8) is 0 Å². The number of amides is 1. The van der Waals surface area contributed by atoms with Crippen molar-refractivity contribution in [2.75, 3.05) is 18.8 Å². The SMILES string of the molecule is O=C1[C@@H]2C[C@H](NS(=O)(=O)c3cc(F)cc(F)c3)CN2CCS(=O)(=O)N1C1CC1. The molecule has 2 atom stereocenters. The topological polar surface area (TPSA) is 104 Å². The van der Waals surface area contributed by atoms with Gasteiger partial charge in [-0.1, -0.05) is 0 Å². The van der Waals surface area contributed by atoms with Crippen LogP contribution in [0, 0.1) is 11.6 Å². The number of nitrogens with one attached hydrogen (secondary N) is 1. The van der Waals surface area contributed by atoms with Crippen molar-refractivity contribution in [2.45, 2.75) is 42.3 Å². The molecule has 2 heterocycles. The molecule has 1 N–H and O–H groups in total. The minimum atomic E-state index is -4.20. The van der Waals surface area contributed by atoms with Gasteiger partial charge in [-0.3, -0.25) is 9.69 Å². The molecule has 1 aromatic rings. The van der Waals surface area contributed by atoms with Crippen LogP contribution in [0.5, 0.6) is 0 Å². The van der Waals surface area contributed by atoms with Crippen LogP contribution in [-0.4, -0.2) is 68.9 Å². The number of carbonyl (C=O) groups is 1. The van der Waals surface area contributed by atoms with Gasteiger partial charge in [0.05, 0.1) is 16.7 Å². The molecule has 12 heteroatoms. The number of carbonyl (C=O) groups excluding carboxylic acids is 1. The first-order valence-electron chi connectivity index (χ1n) is 8.85. The molecule has 28 heavy (non-hydrogen) atoms. The second kappa shape index (κ2) is 6.71. The van der Waals surface area contributed by atoms with Crippen molar-refractivity contribution in [3.8, 4) is 0 Å². The zero-order valence-corrected chi connectivity index (χ0v) is 16.3. The Morgan fingerprint density at radius 3 is 2.36 bits per heavy atom. The molecular formula is C16H19F2N3O5S2. The number of hydrogen-bond donors (Lipinski definition) is 1. The number of benzene rings is 1. The summed E-state index contributed by atoms with van der Waals surface area (Å²) in [5.74, 6) is -2.76. The van der Waals surface area contributed by atoms with Gasteiger partial charge < -0.3 is 0 Å². The highest BCUT2D eigenvalue weighted by atomic mass is 32.2. The van der Waals surface area contributed by atoms with Gasteiger partial charge in [0.25, 0.3) is 5.91 Å². The van der Waals surface area contributed by atoms with Crippen LogP contribution in [0.1, 0.15) is 19.3 Å². The lowest BCUT2D eigenvalue weighted by Crippen LogP contribution is -2.45. The summed E-state index contributed by atoms with van der Waals surface area (Å²) in [5, 5.41) is 0. The Balaban J connectivity index is 1.53. The van der Waals surface area contributed by atoms with Crippen LogP contribution in [0.15, 0.2) is 23.1 Å². The fourth-order valence-electron chi connectivity index (χ4n) is 3.80. The summed E-state index contributed by atoms with van der Waals surface area (Å²) in [6, 6.07) is 0.283. The number of sulfonamides is 2. The molecule has 0 bridgehead atoms. The first-order chi connectivity index (χ1) is 13.1. The van der Waals surface area contributed by atoms with Crippen molar-refractivity contribution in [1.29, 1.82) is 0 Å². The quantitative estimate of drug-likeness (QED) is 0.715. The third kappa shape index (κ3) is 3.65. The maximum Gasteiger partial charge on any atom is 0.253 e. The van der Waals surface area contributed by atoms with Crippen LogP contribution >= 0.6 is 0 Å². The van der Waals surface area contributed by atoms with Crippen molar-refractivity contribution < 1.29 is 30.4 Å². The third-order valence-corrected chi connectivity index (χ3v) is 8.46. The van der Waals surface area contributed by atoms with Crippen molar-refractivity contribution in [3.05, 3.63) is 29.8 Å². The zero-order chi connectivity index (χ0) is 20.3. The molecule has 154 valence electrons. The van der Waals surface area contributed by atoms with E-state index in [1.165, 1.54) is 0 Å². The maximum atomic E-state index is 13.4. The standard InChI is InChI=1S/C16H19F2N3O5S2/c17-10-5-11(18)7-14(6-10)28(25,26)19-12-8-15-16(22)21(13-1-2-13)27(23,24)4-3-20(15)9-12/h5-7,12-13,15,19H,1-4,8-9H2/t12-,15-/m0/s1. The van der Waals surface area contributed by atoms with E-state index in [1.807, 2.05) is 0 Å². The lowest BCUT2D eigenvalue weighted by molar-refractivity contribution is -0.130. The van der Waals surface area contributed by atoms with Crippen LogP contribution < -0.4 is 4.72 Å². The number of fused-ring (bicyclic) bond motifs is 1. The monoisotopic (exact) mass is 435 g/mol. The van der Waals surface area contributed by atoms with Crippen molar-refractivity contribution in [1.82, 2.24) is 13.9 Å². The van der Waals surface area contributed by atoms with E-state index in [0.29, 0.717) is 31.0 Å². The van der Waals surface area contributed by atoms with Crippen LogP contribution in [-0.2, 0) is 24.8 Å². The second-order valence-electron chi connectivity index (χ2n) is 7.35. The highest BCUT2D eigenvalue weighted by molar-refractivity contribution is 7.89. The Morgan fingerprint density at radius 2 is 1.75 bits per heavy atom. The van der Waals surface area contributed by atoms with Crippen LogP contribution in [0.2, 0.25) is 0 Å². The third-order valence-electron chi connectivity index (χ3n) is 5.19. The number of rotatable bonds is 4. The predicted molar refractivity (Wildman–Crippen MR) is 94.1 cm³/mol. The lowest BCUT2D eigenvalue weighted by atomic mass is 10.1. The Kier molecular flexibility index (Phi) is 4.72. The molecule has 0 unspecified atom stereocenters. The first kappa shape index (κ1) is 19.7. The fraction of sp³-hybridized carbons (Fsp3) is 0.562. The largest absolute Gasteiger partial charge is 0.289 e. The van der Waals surface area contributed by atoms with Gasteiger partial charge in [0.1, 0.15) is 11.6 Å². The highest BCUT2D eigenvalue weighted by Gasteiger charge is 2.50. The highest BCUT2D eigenvalue weighted by Crippen LogP contribution is 2.34. The molecule has 4 rings (SSSR count). The second-order valence-corrected chi connectivity index (χ2v) is 11.0. The summed E-state index contributed by atoms with van der Waals surface area (Å²) >= 11 is 0. The van der Waals surface area contributed by atoms with E-state index >= 15 is 0 Å². The van der Waals surface area contributed by atoms with E-state index < -0.39 is 54.6 Å². The van der Waals surface area contributed by atoms with Crippen LogP contribution in [0.3, 0.4) is 0 Å². The smallest absolute Gasteiger partial charge is 0.253 e. The van der Waals surface area contributed by atoms with Gasteiger partial charge >= 0.3 is 0 Å². The Labute approximate surface area is 161 Å². The van der Waals surface area contributed by atoms with E-state index in [1.54, 1.807) is 4.90 Å². The van der Waals surface area contributed by atoms with Gasteiger partial charge in [-0.05, 0) is 31.4 Å². The average molecular weight is 435 g/mol. The van der Waals surface area contributed by atoms with E-state index in [9.17, 15) is 30.4 Å². The Morgan fingerprint density at radius 1 is 1.11 bits per heavy atom. The fourth-order valence-corrected chi connectivity index (χ4v) is 6.80. The van der Waals surface area contributed by atoms with E-state index in [4.69, 9.17) is 0 Å². The van der Waals surface area contributed by atoms with Gasteiger partial charge in [-0.2, -0.15) is 0 Å². The summed E-state index contributed by atoms with van der Waals surface area (Å²) in [4.78, 5) is 13.9. The van der Waals surface area contributed by atoms with Crippen molar-refractivity contribution in [2.24, 2.45) is 0 Å². The summed E-state index contributed by atoms with van der Waals surface area (Å²) in [6.07, 6.45) is 1.37. The Bertz CT molecular complexity index is 1010. The molecular weight excluding hydrogens is 416 g/mol. The number of halogens is 2. The predicted octanol–water partition coefficient (Wildman–Crippen LogP) is 0.0204. The van der Waals surface area contributed by atoms with Crippen LogP contribution in [0.25, 0.3) is 0 Å².